The minimum absolute atomic E-state index is 0.0770. The van der Waals surface area contributed by atoms with Crippen molar-refractivity contribution < 1.29 is 37.4 Å². The molecule has 0 saturated heterocycles. The number of nitrogens with one attached hydrogen (secondary N) is 1. The molecule has 0 bridgehead atoms. The molecule has 0 aromatic heterocycles. The zero-order valence-electron chi connectivity index (χ0n) is 14.7. The number of halogens is 2. The zero-order valence-corrected chi connectivity index (χ0v) is 14.7. The number of nitrogens with zero attached hydrogens (tertiary/aromatic N) is 1. The van der Waals surface area contributed by atoms with Gasteiger partial charge in [-0.1, -0.05) is 0 Å². The van der Waals surface area contributed by atoms with Gasteiger partial charge in [0.2, 0.25) is 0 Å². The summed E-state index contributed by atoms with van der Waals surface area (Å²) >= 11 is 0. The predicted molar refractivity (Wildman–Crippen MR) is 91.4 cm³/mol. The van der Waals surface area contributed by atoms with Crippen molar-refractivity contribution in [2.24, 2.45) is 0 Å². The fourth-order valence-electron chi connectivity index (χ4n) is 2.54. The molecule has 1 heterocycles. The van der Waals surface area contributed by atoms with Crippen LogP contribution in [-0.4, -0.2) is 30.8 Å². The molecule has 0 spiro atoms. The lowest BCUT2D eigenvalue weighted by Gasteiger charge is -2.12. The normalized spacial score (nSPS) is 13.7. The van der Waals surface area contributed by atoms with Gasteiger partial charge in [-0.15, -0.1) is 8.78 Å². The number of nitro benzene ring substituents is 1. The molecule has 0 fully saturated rings. The number of nitro groups is 1. The van der Waals surface area contributed by atoms with E-state index in [0.717, 1.165) is 12.1 Å². The van der Waals surface area contributed by atoms with E-state index in [1.54, 1.807) is 6.92 Å². The molecule has 1 aliphatic rings. The van der Waals surface area contributed by atoms with Gasteiger partial charge >= 0.3 is 6.29 Å². The first kappa shape index (κ1) is 19.1. The van der Waals surface area contributed by atoms with Gasteiger partial charge in [0.15, 0.2) is 23.0 Å². The number of carbonyl (C=O) groups excluding carboxylic acids is 1. The summed E-state index contributed by atoms with van der Waals surface area (Å²) in [5, 5.41) is 13.7. The molecular formula is C17H14F2N2O7. The summed E-state index contributed by atoms with van der Waals surface area (Å²) in [4.78, 5) is 23.2. The highest BCUT2D eigenvalue weighted by molar-refractivity contribution is 6.07. The van der Waals surface area contributed by atoms with Crippen LogP contribution in [0.15, 0.2) is 30.3 Å². The van der Waals surface area contributed by atoms with Crippen molar-refractivity contribution in [1.29, 1.82) is 0 Å². The quantitative estimate of drug-likeness (QED) is 0.587. The van der Waals surface area contributed by atoms with Crippen molar-refractivity contribution in [2.75, 3.05) is 19.0 Å². The Balaban J connectivity index is 1.92. The van der Waals surface area contributed by atoms with E-state index in [2.05, 4.69) is 14.8 Å². The van der Waals surface area contributed by atoms with Gasteiger partial charge in [-0.25, -0.2) is 0 Å². The lowest BCUT2D eigenvalue weighted by Crippen LogP contribution is -2.25. The number of anilines is 1. The predicted octanol–water partition coefficient (Wildman–Crippen LogP) is 3.58. The second kappa shape index (κ2) is 7.18. The topological polar surface area (TPSA) is 109 Å². The van der Waals surface area contributed by atoms with E-state index in [1.807, 2.05) is 0 Å². The van der Waals surface area contributed by atoms with E-state index in [-0.39, 0.29) is 40.9 Å². The molecule has 0 saturated carbocycles. The maximum absolute atomic E-state index is 13.1. The SMILES string of the molecule is CCOc1cc(C(=O)Nc2ccc3c(c2)OC(F)(F)O3)c([N+](=O)[O-])cc1OC. The highest BCUT2D eigenvalue weighted by Crippen LogP contribution is 2.42. The monoisotopic (exact) mass is 396 g/mol. The Hall–Kier alpha value is -3.63. The molecule has 0 unspecified atom stereocenters. The van der Waals surface area contributed by atoms with Gasteiger partial charge in [0.25, 0.3) is 11.6 Å². The Morgan fingerprint density at radius 2 is 1.93 bits per heavy atom. The molecule has 3 rings (SSSR count). The molecule has 2 aromatic carbocycles. The minimum atomic E-state index is -3.80. The van der Waals surface area contributed by atoms with Gasteiger partial charge < -0.3 is 24.3 Å². The molecule has 1 N–H and O–H groups in total. The lowest BCUT2D eigenvalue weighted by molar-refractivity contribution is -0.385. The molecule has 2 aromatic rings. The Morgan fingerprint density at radius 3 is 2.57 bits per heavy atom. The van der Waals surface area contributed by atoms with Gasteiger partial charge in [0.05, 0.1) is 24.7 Å². The summed E-state index contributed by atoms with van der Waals surface area (Å²) in [6.07, 6.45) is -3.80. The first-order valence-electron chi connectivity index (χ1n) is 7.94. The number of methoxy groups -OCH3 is 1. The molecule has 28 heavy (non-hydrogen) atoms. The van der Waals surface area contributed by atoms with E-state index >= 15 is 0 Å². The summed E-state index contributed by atoms with van der Waals surface area (Å²) in [7, 11) is 1.31. The number of hydrogen-bond donors (Lipinski definition) is 1. The third-order valence-electron chi connectivity index (χ3n) is 3.68. The first-order chi connectivity index (χ1) is 13.2. The molecule has 0 aliphatic carbocycles. The fraction of sp³-hybridized carbons (Fsp3) is 0.235. The number of hydrogen-bond acceptors (Lipinski definition) is 7. The second-order valence-corrected chi connectivity index (χ2v) is 5.49. The smallest absolute Gasteiger partial charge is 0.493 e. The Bertz CT molecular complexity index is 949. The highest BCUT2D eigenvalue weighted by atomic mass is 19.3. The lowest BCUT2D eigenvalue weighted by atomic mass is 10.1. The van der Waals surface area contributed by atoms with Gasteiger partial charge in [0.1, 0.15) is 5.56 Å². The van der Waals surface area contributed by atoms with Crippen molar-refractivity contribution in [2.45, 2.75) is 13.2 Å². The molecule has 9 nitrogen and oxygen atoms in total. The fourth-order valence-corrected chi connectivity index (χ4v) is 2.54. The van der Waals surface area contributed by atoms with E-state index in [1.165, 1.54) is 25.3 Å². The molecule has 11 heteroatoms. The Morgan fingerprint density at radius 1 is 1.21 bits per heavy atom. The van der Waals surface area contributed by atoms with Gasteiger partial charge in [-0.05, 0) is 19.1 Å². The van der Waals surface area contributed by atoms with Crippen LogP contribution in [0.2, 0.25) is 0 Å². The highest BCUT2D eigenvalue weighted by Gasteiger charge is 2.43. The van der Waals surface area contributed by atoms with Crippen LogP contribution in [0.4, 0.5) is 20.2 Å². The summed E-state index contributed by atoms with van der Waals surface area (Å²) in [5.74, 6) is -1.08. The average Bonchev–Trinajstić information content (AvgIpc) is 2.94. The molecule has 1 aliphatic heterocycles. The molecule has 148 valence electrons. The van der Waals surface area contributed by atoms with E-state index in [0.29, 0.717) is 0 Å². The van der Waals surface area contributed by atoms with Crippen LogP contribution < -0.4 is 24.3 Å². The maximum atomic E-state index is 13.1. The third kappa shape index (κ3) is 3.72. The Labute approximate surface area is 156 Å². The average molecular weight is 396 g/mol. The van der Waals surface area contributed by atoms with Gasteiger partial charge in [-0.2, -0.15) is 0 Å². The van der Waals surface area contributed by atoms with Crippen molar-refractivity contribution in [1.82, 2.24) is 0 Å². The van der Waals surface area contributed by atoms with E-state index in [9.17, 15) is 23.7 Å². The van der Waals surface area contributed by atoms with Crippen LogP contribution in [0.1, 0.15) is 17.3 Å². The number of rotatable bonds is 6. The maximum Gasteiger partial charge on any atom is 0.586 e. The number of amides is 1. The summed E-state index contributed by atoms with van der Waals surface area (Å²) in [6, 6.07) is 5.84. The summed E-state index contributed by atoms with van der Waals surface area (Å²) < 4.78 is 45.2. The summed E-state index contributed by atoms with van der Waals surface area (Å²) in [6.45, 7) is 1.94. The van der Waals surface area contributed by atoms with E-state index < -0.39 is 22.8 Å². The van der Waals surface area contributed by atoms with Crippen LogP contribution in [0.25, 0.3) is 0 Å². The number of carbonyl (C=O) groups is 1. The van der Waals surface area contributed by atoms with Crippen LogP contribution in [-0.2, 0) is 0 Å². The largest absolute Gasteiger partial charge is 0.586 e. The number of benzene rings is 2. The third-order valence-corrected chi connectivity index (χ3v) is 3.68. The van der Waals surface area contributed by atoms with Crippen molar-refractivity contribution in [3.63, 3.8) is 0 Å². The number of ether oxygens (including phenoxy) is 4. The van der Waals surface area contributed by atoms with Crippen LogP contribution in [0, 0.1) is 10.1 Å². The Kier molecular flexibility index (Phi) is 4.91. The van der Waals surface area contributed by atoms with E-state index in [4.69, 9.17) is 9.47 Å². The van der Waals surface area contributed by atoms with Gasteiger partial charge in [-0.3, -0.25) is 14.9 Å². The van der Waals surface area contributed by atoms with Crippen LogP contribution in [0.5, 0.6) is 23.0 Å². The molecule has 0 atom stereocenters. The number of alkyl halides is 2. The van der Waals surface area contributed by atoms with Crippen LogP contribution in [0.3, 0.4) is 0 Å². The second-order valence-electron chi connectivity index (χ2n) is 5.49. The number of fused-ring (bicyclic) bond motifs is 1. The standard InChI is InChI=1S/C17H14F2N2O7/c1-3-26-14-7-10(11(21(23)24)8-13(14)25-2)16(22)20-9-4-5-12-15(6-9)28-17(18,19)27-12/h4-8H,3H2,1-2H3,(H,20,22). The van der Waals surface area contributed by atoms with Gasteiger partial charge in [0, 0.05) is 17.8 Å². The molecule has 1 amide bonds. The van der Waals surface area contributed by atoms with Crippen molar-refractivity contribution in [3.05, 3.63) is 46.0 Å². The van der Waals surface area contributed by atoms with Crippen molar-refractivity contribution in [3.8, 4) is 23.0 Å². The van der Waals surface area contributed by atoms with Crippen molar-refractivity contribution >= 4 is 17.3 Å². The summed E-state index contributed by atoms with van der Waals surface area (Å²) in [5.41, 5.74) is -0.726. The molecule has 0 radical (unpaired) electrons. The molecular weight excluding hydrogens is 382 g/mol. The first-order valence-corrected chi connectivity index (χ1v) is 7.94. The van der Waals surface area contributed by atoms with Crippen LogP contribution >= 0.6 is 0 Å². The zero-order chi connectivity index (χ0) is 20.5. The minimum Gasteiger partial charge on any atom is -0.493 e.